The first-order valence-electron chi connectivity index (χ1n) is 7.73. The van der Waals surface area contributed by atoms with Crippen LogP contribution in [0.4, 0.5) is 0 Å². The first-order chi connectivity index (χ1) is 9.54. The largest absolute Gasteiger partial charge is 0.375 e. The number of rotatable bonds is 5. The minimum atomic E-state index is 0.337. The molecule has 0 saturated carbocycles. The Bertz CT molecular complexity index is 395. The van der Waals surface area contributed by atoms with Crippen LogP contribution in [0.1, 0.15) is 57.8 Å². The maximum Gasteiger partial charge on any atom is 0.130 e. The molecular formula is C16H27N3O. The van der Waals surface area contributed by atoms with Crippen molar-refractivity contribution in [2.24, 2.45) is 0 Å². The average Bonchev–Trinajstić information content (AvgIpc) is 2.41. The quantitative estimate of drug-likeness (QED) is 0.829. The van der Waals surface area contributed by atoms with Gasteiger partial charge in [-0.15, -0.1) is 0 Å². The highest BCUT2D eigenvalue weighted by Crippen LogP contribution is 2.17. The second-order valence-electron chi connectivity index (χ2n) is 6.26. The van der Waals surface area contributed by atoms with E-state index in [-0.39, 0.29) is 0 Å². The van der Waals surface area contributed by atoms with E-state index in [1.165, 1.54) is 5.56 Å². The Morgan fingerprint density at radius 3 is 2.25 bits per heavy atom. The third-order valence-corrected chi connectivity index (χ3v) is 3.65. The smallest absolute Gasteiger partial charge is 0.130 e. The first-order valence-corrected chi connectivity index (χ1v) is 7.73. The standard InChI is InChI=1S/C16H27N3O/c1-12(2)16-17-9-14(10-18-16)11-19-7-5-15(6-8-19)20-13(3)4/h9-10,12-13,15H,5-8,11H2,1-4H3. The number of hydrogen-bond acceptors (Lipinski definition) is 4. The second-order valence-corrected chi connectivity index (χ2v) is 6.26. The molecule has 1 aliphatic rings. The van der Waals surface area contributed by atoms with Crippen LogP contribution < -0.4 is 0 Å². The number of likely N-dealkylation sites (tertiary alicyclic amines) is 1. The van der Waals surface area contributed by atoms with Gasteiger partial charge in [-0.3, -0.25) is 4.90 Å². The first kappa shape index (κ1) is 15.4. The van der Waals surface area contributed by atoms with Gasteiger partial charge >= 0.3 is 0 Å². The molecule has 0 N–H and O–H groups in total. The molecule has 1 aromatic heterocycles. The molecule has 0 amide bonds. The van der Waals surface area contributed by atoms with Gasteiger partial charge in [0.1, 0.15) is 5.82 Å². The number of ether oxygens (including phenoxy) is 1. The molecule has 0 aromatic carbocycles. The van der Waals surface area contributed by atoms with Crippen LogP contribution in [0.2, 0.25) is 0 Å². The van der Waals surface area contributed by atoms with Crippen molar-refractivity contribution in [2.45, 2.75) is 65.2 Å². The number of aromatic nitrogens is 2. The van der Waals surface area contributed by atoms with Crippen molar-refractivity contribution in [3.05, 3.63) is 23.8 Å². The van der Waals surface area contributed by atoms with E-state index in [0.717, 1.165) is 38.3 Å². The summed E-state index contributed by atoms with van der Waals surface area (Å²) in [6.45, 7) is 11.6. The van der Waals surface area contributed by atoms with Crippen LogP contribution in [0.15, 0.2) is 12.4 Å². The monoisotopic (exact) mass is 277 g/mol. The number of hydrogen-bond donors (Lipinski definition) is 0. The molecule has 1 aromatic rings. The molecule has 2 heterocycles. The fraction of sp³-hybridized carbons (Fsp3) is 0.750. The van der Waals surface area contributed by atoms with Crippen LogP contribution in [0.25, 0.3) is 0 Å². The minimum Gasteiger partial charge on any atom is -0.375 e. The lowest BCUT2D eigenvalue weighted by atomic mass is 10.1. The second kappa shape index (κ2) is 7.14. The highest BCUT2D eigenvalue weighted by atomic mass is 16.5. The summed E-state index contributed by atoms with van der Waals surface area (Å²) in [4.78, 5) is 11.3. The Morgan fingerprint density at radius 1 is 1.15 bits per heavy atom. The molecule has 20 heavy (non-hydrogen) atoms. The molecule has 0 spiro atoms. The number of piperidine rings is 1. The maximum absolute atomic E-state index is 5.88. The van der Waals surface area contributed by atoms with E-state index in [1.807, 2.05) is 12.4 Å². The van der Waals surface area contributed by atoms with E-state index in [9.17, 15) is 0 Å². The van der Waals surface area contributed by atoms with Gasteiger partial charge in [0.25, 0.3) is 0 Å². The van der Waals surface area contributed by atoms with Gasteiger partial charge in [-0.1, -0.05) is 13.8 Å². The summed E-state index contributed by atoms with van der Waals surface area (Å²) in [6, 6.07) is 0. The molecule has 2 rings (SSSR count). The van der Waals surface area contributed by atoms with Crippen LogP contribution in [-0.4, -0.2) is 40.2 Å². The van der Waals surface area contributed by atoms with Crippen LogP contribution in [0, 0.1) is 0 Å². The van der Waals surface area contributed by atoms with Gasteiger partial charge in [0.05, 0.1) is 12.2 Å². The van der Waals surface area contributed by atoms with Crippen molar-refractivity contribution in [3.8, 4) is 0 Å². The van der Waals surface area contributed by atoms with E-state index in [4.69, 9.17) is 4.74 Å². The molecule has 4 heteroatoms. The van der Waals surface area contributed by atoms with Gasteiger partial charge in [-0.05, 0) is 26.7 Å². The molecule has 0 unspecified atom stereocenters. The average molecular weight is 277 g/mol. The lowest BCUT2D eigenvalue weighted by molar-refractivity contribution is -0.0279. The lowest BCUT2D eigenvalue weighted by Gasteiger charge is -2.32. The summed E-state index contributed by atoms with van der Waals surface area (Å²) in [5, 5.41) is 0. The molecule has 4 nitrogen and oxygen atoms in total. The third-order valence-electron chi connectivity index (χ3n) is 3.65. The van der Waals surface area contributed by atoms with E-state index in [0.29, 0.717) is 18.1 Å². The molecule has 1 aliphatic heterocycles. The normalized spacial score (nSPS) is 18.1. The molecular weight excluding hydrogens is 250 g/mol. The SMILES string of the molecule is CC(C)OC1CCN(Cc2cnc(C(C)C)nc2)CC1. The van der Waals surface area contributed by atoms with Crippen molar-refractivity contribution < 1.29 is 4.74 Å². The summed E-state index contributed by atoms with van der Waals surface area (Å²) >= 11 is 0. The molecule has 0 aliphatic carbocycles. The highest BCUT2D eigenvalue weighted by molar-refractivity contribution is 5.06. The summed E-state index contributed by atoms with van der Waals surface area (Å²) in [5.74, 6) is 1.32. The van der Waals surface area contributed by atoms with Crippen LogP contribution in [0.3, 0.4) is 0 Å². The molecule has 1 fully saturated rings. The zero-order valence-corrected chi connectivity index (χ0v) is 13.2. The topological polar surface area (TPSA) is 38.2 Å². The van der Waals surface area contributed by atoms with E-state index < -0.39 is 0 Å². The predicted molar refractivity (Wildman–Crippen MR) is 80.6 cm³/mol. The van der Waals surface area contributed by atoms with Crippen molar-refractivity contribution in [1.29, 1.82) is 0 Å². The molecule has 0 atom stereocenters. The lowest BCUT2D eigenvalue weighted by Crippen LogP contribution is -2.37. The van der Waals surface area contributed by atoms with Crippen LogP contribution >= 0.6 is 0 Å². The molecule has 112 valence electrons. The van der Waals surface area contributed by atoms with Crippen molar-refractivity contribution in [3.63, 3.8) is 0 Å². The Hall–Kier alpha value is -1.00. The van der Waals surface area contributed by atoms with E-state index in [2.05, 4.69) is 42.6 Å². The van der Waals surface area contributed by atoms with Gasteiger partial charge in [-0.2, -0.15) is 0 Å². The van der Waals surface area contributed by atoms with Gasteiger partial charge in [0.2, 0.25) is 0 Å². The Kier molecular flexibility index (Phi) is 5.49. The molecule has 0 bridgehead atoms. The maximum atomic E-state index is 5.88. The summed E-state index contributed by atoms with van der Waals surface area (Å²) < 4.78 is 5.88. The van der Waals surface area contributed by atoms with Crippen LogP contribution in [0.5, 0.6) is 0 Å². The van der Waals surface area contributed by atoms with Crippen LogP contribution in [-0.2, 0) is 11.3 Å². The summed E-state index contributed by atoms with van der Waals surface area (Å²) in [7, 11) is 0. The summed E-state index contributed by atoms with van der Waals surface area (Å²) in [6.07, 6.45) is 6.97. The molecule has 0 radical (unpaired) electrons. The Balaban J connectivity index is 1.80. The van der Waals surface area contributed by atoms with Gasteiger partial charge in [0, 0.05) is 43.5 Å². The molecule has 1 saturated heterocycles. The zero-order valence-electron chi connectivity index (χ0n) is 13.2. The zero-order chi connectivity index (χ0) is 14.5. The van der Waals surface area contributed by atoms with E-state index >= 15 is 0 Å². The van der Waals surface area contributed by atoms with Gasteiger partial charge in [-0.25, -0.2) is 9.97 Å². The number of nitrogens with zero attached hydrogens (tertiary/aromatic N) is 3. The fourth-order valence-corrected chi connectivity index (χ4v) is 2.59. The van der Waals surface area contributed by atoms with Crippen molar-refractivity contribution in [2.75, 3.05) is 13.1 Å². The predicted octanol–water partition coefficient (Wildman–Crippen LogP) is 2.99. The van der Waals surface area contributed by atoms with Crippen molar-refractivity contribution >= 4 is 0 Å². The summed E-state index contributed by atoms with van der Waals surface area (Å²) in [5.41, 5.74) is 1.21. The highest BCUT2D eigenvalue weighted by Gasteiger charge is 2.20. The minimum absolute atomic E-state index is 0.337. The van der Waals surface area contributed by atoms with Gasteiger partial charge < -0.3 is 4.74 Å². The third kappa shape index (κ3) is 4.53. The van der Waals surface area contributed by atoms with Gasteiger partial charge in [0.15, 0.2) is 0 Å². The van der Waals surface area contributed by atoms with Crippen molar-refractivity contribution in [1.82, 2.24) is 14.9 Å². The van der Waals surface area contributed by atoms with E-state index in [1.54, 1.807) is 0 Å². The Labute approximate surface area is 122 Å². The fourth-order valence-electron chi connectivity index (χ4n) is 2.59. The Morgan fingerprint density at radius 2 is 1.75 bits per heavy atom.